The normalized spacial score (nSPS) is 12.6. The first-order chi connectivity index (χ1) is 18.1. The van der Waals surface area contributed by atoms with Crippen molar-refractivity contribution in [2.75, 3.05) is 20.3 Å². The number of aromatic nitrogens is 3. The van der Waals surface area contributed by atoms with Gasteiger partial charge in [-0.2, -0.15) is 9.78 Å². The summed E-state index contributed by atoms with van der Waals surface area (Å²) in [4.78, 5) is 17.1. The smallest absolute Gasteiger partial charge is 0.345 e. The van der Waals surface area contributed by atoms with E-state index in [1.807, 2.05) is 43.3 Å². The van der Waals surface area contributed by atoms with Crippen LogP contribution in [0.5, 0.6) is 11.6 Å². The van der Waals surface area contributed by atoms with E-state index in [9.17, 15) is 4.79 Å². The van der Waals surface area contributed by atoms with E-state index in [-0.39, 0.29) is 18.1 Å². The zero-order valence-electron chi connectivity index (χ0n) is 21.3. The lowest BCUT2D eigenvalue weighted by atomic mass is 9.99. The minimum Gasteiger partial charge on any atom is -0.488 e. The Morgan fingerprint density at radius 1 is 1.11 bits per heavy atom. The van der Waals surface area contributed by atoms with E-state index >= 15 is 0 Å². The highest BCUT2D eigenvalue weighted by Crippen LogP contribution is 2.34. The third-order valence-corrected chi connectivity index (χ3v) is 6.39. The maximum atomic E-state index is 12.3. The van der Waals surface area contributed by atoms with Crippen LogP contribution >= 0.6 is 0 Å². The summed E-state index contributed by atoms with van der Waals surface area (Å²) in [5.41, 5.74) is 6.75. The molecule has 5 rings (SSSR count). The molecule has 0 unspecified atom stereocenters. The molecule has 0 atom stereocenters. The summed E-state index contributed by atoms with van der Waals surface area (Å²) in [7, 11) is 1.49. The van der Waals surface area contributed by atoms with Gasteiger partial charge in [-0.1, -0.05) is 36.4 Å². The Bertz CT molecular complexity index is 1430. The summed E-state index contributed by atoms with van der Waals surface area (Å²) >= 11 is 0. The maximum absolute atomic E-state index is 12.3. The SMILES string of the molecule is CCOC(=O)c1cnn(-c2cccc(-c3cccc(C)c3OCc3ccc4c(c3)CCNC4)n2)c1OC. The molecule has 8 heteroatoms. The van der Waals surface area contributed by atoms with Crippen LogP contribution in [-0.4, -0.2) is 41.0 Å². The van der Waals surface area contributed by atoms with Crippen molar-refractivity contribution in [2.45, 2.75) is 33.4 Å². The minimum atomic E-state index is -0.491. The first-order valence-electron chi connectivity index (χ1n) is 12.4. The molecule has 1 aliphatic heterocycles. The van der Waals surface area contributed by atoms with E-state index in [2.05, 4.69) is 28.6 Å². The number of aryl methyl sites for hydroxylation is 1. The molecule has 0 bridgehead atoms. The fraction of sp³-hybridized carbons (Fsp3) is 0.276. The second-order valence-corrected chi connectivity index (χ2v) is 8.85. The third-order valence-electron chi connectivity index (χ3n) is 6.39. The van der Waals surface area contributed by atoms with E-state index in [4.69, 9.17) is 19.2 Å². The van der Waals surface area contributed by atoms with Crippen molar-refractivity contribution < 1.29 is 19.0 Å². The van der Waals surface area contributed by atoms with E-state index in [1.54, 1.807) is 6.92 Å². The highest BCUT2D eigenvalue weighted by atomic mass is 16.5. The fourth-order valence-corrected chi connectivity index (χ4v) is 4.56. The lowest BCUT2D eigenvalue weighted by Gasteiger charge is -2.19. The van der Waals surface area contributed by atoms with Crippen molar-refractivity contribution in [3.63, 3.8) is 0 Å². The molecule has 0 aliphatic carbocycles. The summed E-state index contributed by atoms with van der Waals surface area (Å²) in [5, 5.41) is 7.75. The number of pyridine rings is 1. The first kappa shape index (κ1) is 24.5. The fourth-order valence-electron chi connectivity index (χ4n) is 4.56. The van der Waals surface area contributed by atoms with Crippen molar-refractivity contribution >= 4 is 5.97 Å². The second-order valence-electron chi connectivity index (χ2n) is 8.85. The lowest BCUT2D eigenvalue weighted by molar-refractivity contribution is 0.0522. The highest BCUT2D eigenvalue weighted by Gasteiger charge is 2.21. The van der Waals surface area contributed by atoms with E-state index in [0.717, 1.165) is 47.6 Å². The molecule has 0 spiro atoms. The summed E-state index contributed by atoms with van der Waals surface area (Å²) in [6.45, 7) is 6.44. The highest BCUT2D eigenvalue weighted by molar-refractivity contribution is 5.91. The van der Waals surface area contributed by atoms with Gasteiger partial charge >= 0.3 is 5.97 Å². The van der Waals surface area contributed by atoms with Crippen LogP contribution in [-0.2, 0) is 24.3 Å². The number of esters is 1. The van der Waals surface area contributed by atoms with Gasteiger partial charge in [0.15, 0.2) is 5.82 Å². The molecule has 4 aromatic rings. The number of para-hydroxylation sites is 1. The van der Waals surface area contributed by atoms with Gasteiger partial charge in [0.25, 0.3) is 0 Å². The van der Waals surface area contributed by atoms with Crippen LogP contribution in [0.4, 0.5) is 0 Å². The van der Waals surface area contributed by atoms with Gasteiger partial charge < -0.3 is 19.5 Å². The molecule has 1 aliphatic rings. The number of carbonyl (C=O) groups excluding carboxylic acids is 1. The van der Waals surface area contributed by atoms with Gasteiger partial charge in [-0.25, -0.2) is 9.78 Å². The number of rotatable bonds is 8. The summed E-state index contributed by atoms with van der Waals surface area (Å²) in [5.74, 6) is 1.08. The number of nitrogens with one attached hydrogen (secondary N) is 1. The number of nitrogens with zero attached hydrogens (tertiary/aromatic N) is 3. The van der Waals surface area contributed by atoms with Crippen LogP contribution in [0.3, 0.4) is 0 Å². The topological polar surface area (TPSA) is 87.5 Å². The van der Waals surface area contributed by atoms with Gasteiger partial charge in [0.1, 0.15) is 17.9 Å². The number of methoxy groups -OCH3 is 1. The molecule has 190 valence electrons. The zero-order valence-corrected chi connectivity index (χ0v) is 21.3. The molecular formula is C29H30N4O4. The molecule has 1 N–H and O–H groups in total. The average Bonchev–Trinajstić information content (AvgIpc) is 3.37. The Morgan fingerprint density at radius 2 is 1.97 bits per heavy atom. The number of carbonyl (C=O) groups is 1. The summed E-state index contributed by atoms with van der Waals surface area (Å²) < 4.78 is 18.5. The number of hydrogen-bond acceptors (Lipinski definition) is 7. The predicted molar refractivity (Wildman–Crippen MR) is 140 cm³/mol. The Balaban J connectivity index is 1.44. The minimum absolute atomic E-state index is 0.247. The van der Waals surface area contributed by atoms with Gasteiger partial charge in [0.2, 0.25) is 5.88 Å². The number of ether oxygens (including phenoxy) is 3. The average molecular weight is 499 g/mol. The number of benzene rings is 2. The van der Waals surface area contributed by atoms with Crippen molar-refractivity contribution in [3.8, 4) is 28.7 Å². The van der Waals surface area contributed by atoms with Crippen LogP contribution in [0.25, 0.3) is 17.1 Å². The third kappa shape index (κ3) is 5.06. The van der Waals surface area contributed by atoms with Gasteiger partial charge in [-0.05, 0) is 67.3 Å². The van der Waals surface area contributed by atoms with Crippen molar-refractivity contribution in [2.24, 2.45) is 0 Å². The summed E-state index contributed by atoms with van der Waals surface area (Å²) in [6.07, 6.45) is 2.46. The zero-order chi connectivity index (χ0) is 25.8. The lowest BCUT2D eigenvalue weighted by Crippen LogP contribution is -2.23. The molecular weight excluding hydrogens is 468 g/mol. The number of fused-ring (bicyclic) bond motifs is 1. The standard InChI is InChI=1S/C29H30N4O4/c1-4-36-29(34)24-17-31-33(28(24)35-3)26-10-6-9-25(32-26)23-8-5-7-19(2)27(23)37-18-20-11-12-22-16-30-14-13-21(22)15-20/h5-12,15,17,30H,4,13-14,16,18H2,1-3H3. The molecule has 8 nitrogen and oxygen atoms in total. The Morgan fingerprint density at radius 3 is 2.81 bits per heavy atom. The van der Waals surface area contributed by atoms with E-state index in [0.29, 0.717) is 12.4 Å². The van der Waals surface area contributed by atoms with E-state index in [1.165, 1.54) is 29.1 Å². The Hall–Kier alpha value is -4.17. The molecule has 37 heavy (non-hydrogen) atoms. The van der Waals surface area contributed by atoms with Crippen molar-refractivity contribution in [1.82, 2.24) is 20.1 Å². The maximum Gasteiger partial charge on any atom is 0.345 e. The predicted octanol–water partition coefficient (Wildman–Crippen LogP) is 4.65. The largest absolute Gasteiger partial charge is 0.488 e. The van der Waals surface area contributed by atoms with Gasteiger partial charge in [0.05, 0.1) is 25.6 Å². The van der Waals surface area contributed by atoms with Gasteiger partial charge in [-0.15, -0.1) is 0 Å². The van der Waals surface area contributed by atoms with Crippen LogP contribution in [0, 0.1) is 6.92 Å². The summed E-state index contributed by atoms with van der Waals surface area (Å²) in [6, 6.07) is 18.2. The van der Waals surface area contributed by atoms with E-state index < -0.39 is 5.97 Å². The van der Waals surface area contributed by atoms with Crippen molar-refractivity contribution in [1.29, 1.82) is 0 Å². The monoisotopic (exact) mass is 498 g/mol. The van der Waals surface area contributed by atoms with Crippen molar-refractivity contribution in [3.05, 3.63) is 88.6 Å². The van der Waals surface area contributed by atoms with Crippen LogP contribution in [0.1, 0.15) is 39.5 Å². The first-order valence-corrected chi connectivity index (χ1v) is 12.4. The Kier molecular flexibility index (Phi) is 7.18. The van der Waals surface area contributed by atoms with Gasteiger partial charge in [0, 0.05) is 12.1 Å². The molecule has 0 saturated carbocycles. The molecule has 0 radical (unpaired) electrons. The second kappa shape index (κ2) is 10.8. The quantitative estimate of drug-likeness (QED) is 0.354. The van der Waals surface area contributed by atoms with Crippen LogP contribution < -0.4 is 14.8 Å². The van der Waals surface area contributed by atoms with Crippen LogP contribution in [0.15, 0.2) is 60.8 Å². The molecule has 3 heterocycles. The van der Waals surface area contributed by atoms with Gasteiger partial charge in [-0.3, -0.25) is 0 Å². The molecule has 0 amide bonds. The van der Waals surface area contributed by atoms with Crippen LogP contribution in [0.2, 0.25) is 0 Å². The molecule has 2 aromatic heterocycles. The number of hydrogen-bond donors (Lipinski definition) is 1. The molecule has 0 fully saturated rings. The molecule has 0 saturated heterocycles. The Labute approximate surface area is 216 Å². The molecule has 2 aromatic carbocycles.